The van der Waals surface area contributed by atoms with E-state index in [1.54, 1.807) is 0 Å². The number of benzene rings is 1. The van der Waals surface area contributed by atoms with Crippen LogP contribution in [0, 0.1) is 0 Å². The molecule has 1 aliphatic rings. The first-order valence-electron chi connectivity index (χ1n) is 6.39. The molecule has 3 heteroatoms. The Hall–Kier alpha value is -0.830. The van der Waals surface area contributed by atoms with Gasteiger partial charge in [0.05, 0.1) is 12.3 Å². The molecule has 1 fully saturated rings. The number of hydrogen-bond donors (Lipinski definition) is 1. The molecule has 0 saturated carbocycles. The van der Waals surface area contributed by atoms with Crippen LogP contribution in [0.1, 0.15) is 26.7 Å². The van der Waals surface area contributed by atoms with E-state index in [9.17, 15) is 0 Å². The van der Waals surface area contributed by atoms with Crippen LogP contribution in [0.4, 0.5) is 5.69 Å². The van der Waals surface area contributed by atoms with E-state index in [2.05, 4.69) is 31.3 Å². The summed E-state index contributed by atoms with van der Waals surface area (Å²) in [4.78, 5) is 0. The van der Waals surface area contributed by atoms with E-state index in [0.29, 0.717) is 6.04 Å². The van der Waals surface area contributed by atoms with Crippen molar-refractivity contribution in [2.75, 3.05) is 17.7 Å². The zero-order valence-electron chi connectivity index (χ0n) is 10.6. The number of nitrogens with one attached hydrogen (secondary N) is 1. The van der Waals surface area contributed by atoms with Gasteiger partial charge in [0.1, 0.15) is 5.75 Å². The topological polar surface area (TPSA) is 21.3 Å². The summed E-state index contributed by atoms with van der Waals surface area (Å²) < 4.78 is 5.75. The Kier molecular flexibility index (Phi) is 4.60. The van der Waals surface area contributed by atoms with Crippen LogP contribution in [0.2, 0.25) is 0 Å². The first kappa shape index (κ1) is 12.6. The molecule has 2 atom stereocenters. The summed E-state index contributed by atoms with van der Waals surface area (Å²) in [6, 6.07) is 8.83. The van der Waals surface area contributed by atoms with Crippen molar-refractivity contribution in [2.24, 2.45) is 0 Å². The number of anilines is 1. The fraction of sp³-hybridized carbons (Fsp3) is 0.571. The molecule has 2 unspecified atom stereocenters. The minimum atomic E-state index is 0.585. The summed E-state index contributed by atoms with van der Waals surface area (Å²) in [7, 11) is 0. The van der Waals surface area contributed by atoms with Crippen LogP contribution >= 0.6 is 11.8 Å². The van der Waals surface area contributed by atoms with Gasteiger partial charge in [0.2, 0.25) is 0 Å². The van der Waals surface area contributed by atoms with Gasteiger partial charge in [-0.05, 0) is 25.0 Å². The fourth-order valence-electron chi connectivity index (χ4n) is 2.06. The van der Waals surface area contributed by atoms with Crippen molar-refractivity contribution in [3.8, 4) is 5.75 Å². The molecule has 0 aromatic heterocycles. The molecular formula is C14H21NOS. The fourth-order valence-corrected chi connectivity index (χ4v) is 3.21. The summed E-state index contributed by atoms with van der Waals surface area (Å²) in [6.45, 7) is 5.21. The predicted molar refractivity (Wildman–Crippen MR) is 76.2 cm³/mol. The summed E-state index contributed by atoms with van der Waals surface area (Å²) >= 11 is 2.04. The van der Waals surface area contributed by atoms with Gasteiger partial charge >= 0.3 is 0 Å². The van der Waals surface area contributed by atoms with E-state index in [0.717, 1.165) is 29.7 Å². The Bertz CT molecular complexity index is 356. The standard InChI is InChI=1S/C14H21NOS/c1-3-8-16-14-7-5-4-6-13(14)15-12-9-11(2)17-10-12/h4-7,11-12,15H,3,8-10H2,1-2H3. The van der Waals surface area contributed by atoms with Crippen LogP contribution < -0.4 is 10.1 Å². The smallest absolute Gasteiger partial charge is 0.142 e. The van der Waals surface area contributed by atoms with Gasteiger partial charge in [0, 0.05) is 17.0 Å². The molecule has 0 bridgehead atoms. The SMILES string of the molecule is CCCOc1ccccc1NC1CSC(C)C1. The summed E-state index contributed by atoms with van der Waals surface area (Å²) in [6.07, 6.45) is 2.29. The number of ether oxygens (including phenoxy) is 1. The highest BCUT2D eigenvalue weighted by molar-refractivity contribution is 8.00. The maximum atomic E-state index is 5.75. The lowest BCUT2D eigenvalue weighted by molar-refractivity contribution is 0.318. The second-order valence-corrected chi connectivity index (χ2v) is 6.04. The van der Waals surface area contributed by atoms with E-state index in [-0.39, 0.29) is 0 Å². The molecule has 17 heavy (non-hydrogen) atoms. The predicted octanol–water partition coefficient (Wildman–Crippen LogP) is 3.78. The summed E-state index contributed by atoms with van der Waals surface area (Å²) in [5.74, 6) is 2.18. The van der Waals surface area contributed by atoms with Crippen LogP contribution in [-0.2, 0) is 0 Å². The lowest BCUT2D eigenvalue weighted by Gasteiger charge is -2.17. The molecule has 1 aliphatic heterocycles. The van der Waals surface area contributed by atoms with Crippen LogP contribution in [0.3, 0.4) is 0 Å². The average Bonchev–Trinajstić information content (AvgIpc) is 2.74. The van der Waals surface area contributed by atoms with Crippen molar-refractivity contribution >= 4 is 17.4 Å². The number of rotatable bonds is 5. The van der Waals surface area contributed by atoms with Crippen molar-refractivity contribution < 1.29 is 4.74 Å². The second-order valence-electron chi connectivity index (χ2n) is 4.57. The Morgan fingerprint density at radius 1 is 1.41 bits per heavy atom. The molecular weight excluding hydrogens is 230 g/mol. The van der Waals surface area contributed by atoms with Crippen molar-refractivity contribution in [1.29, 1.82) is 0 Å². The van der Waals surface area contributed by atoms with Gasteiger partial charge < -0.3 is 10.1 Å². The van der Waals surface area contributed by atoms with E-state index in [4.69, 9.17) is 4.74 Å². The Morgan fingerprint density at radius 3 is 2.94 bits per heavy atom. The number of hydrogen-bond acceptors (Lipinski definition) is 3. The summed E-state index contributed by atoms with van der Waals surface area (Å²) in [5, 5.41) is 4.38. The van der Waals surface area contributed by atoms with Crippen LogP contribution in [-0.4, -0.2) is 23.7 Å². The Labute approximate surface area is 108 Å². The number of para-hydroxylation sites is 2. The zero-order chi connectivity index (χ0) is 12.1. The highest BCUT2D eigenvalue weighted by Crippen LogP contribution is 2.31. The van der Waals surface area contributed by atoms with Crippen LogP contribution in [0.5, 0.6) is 5.75 Å². The van der Waals surface area contributed by atoms with E-state index in [1.807, 2.05) is 23.9 Å². The maximum Gasteiger partial charge on any atom is 0.142 e. The normalized spacial score (nSPS) is 23.6. The van der Waals surface area contributed by atoms with Gasteiger partial charge in [-0.3, -0.25) is 0 Å². The van der Waals surface area contributed by atoms with Gasteiger partial charge in [-0.1, -0.05) is 26.0 Å². The molecule has 2 rings (SSSR count). The highest BCUT2D eigenvalue weighted by Gasteiger charge is 2.22. The monoisotopic (exact) mass is 251 g/mol. The lowest BCUT2D eigenvalue weighted by atomic mass is 10.2. The first-order valence-corrected chi connectivity index (χ1v) is 7.44. The molecule has 1 aromatic rings. The van der Waals surface area contributed by atoms with Gasteiger partial charge in [-0.25, -0.2) is 0 Å². The minimum absolute atomic E-state index is 0.585. The van der Waals surface area contributed by atoms with E-state index < -0.39 is 0 Å². The molecule has 1 aromatic carbocycles. The van der Waals surface area contributed by atoms with E-state index >= 15 is 0 Å². The minimum Gasteiger partial charge on any atom is -0.491 e. The molecule has 0 spiro atoms. The molecule has 0 amide bonds. The van der Waals surface area contributed by atoms with Crippen LogP contribution in [0.25, 0.3) is 0 Å². The molecule has 2 nitrogen and oxygen atoms in total. The average molecular weight is 251 g/mol. The van der Waals surface area contributed by atoms with E-state index in [1.165, 1.54) is 12.2 Å². The lowest BCUT2D eigenvalue weighted by Crippen LogP contribution is -2.19. The van der Waals surface area contributed by atoms with Crippen molar-refractivity contribution in [1.82, 2.24) is 0 Å². The molecule has 1 heterocycles. The molecule has 1 N–H and O–H groups in total. The third-order valence-corrected chi connectivity index (χ3v) is 4.26. The maximum absolute atomic E-state index is 5.75. The Balaban J connectivity index is 1.99. The molecule has 94 valence electrons. The van der Waals surface area contributed by atoms with Crippen molar-refractivity contribution in [3.05, 3.63) is 24.3 Å². The van der Waals surface area contributed by atoms with Crippen molar-refractivity contribution in [3.63, 3.8) is 0 Å². The Morgan fingerprint density at radius 2 is 2.24 bits per heavy atom. The highest BCUT2D eigenvalue weighted by atomic mass is 32.2. The zero-order valence-corrected chi connectivity index (χ0v) is 11.4. The largest absolute Gasteiger partial charge is 0.491 e. The van der Waals surface area contributed by atoms with Gasteiger partial charge in [0.15, 0.2) is 0 Å². The molecule has 0 aliphatic carbocycles. The van der Waals surface area contributed by atoms with Gasteiger partial charge in [-0.2, -0.15) is 11.8 Å². The third-order valence-electron chi connectivity index (χ3n) is 2.91. The molecule has 0 radical (unpaired) electrons. The summed E-state index contributed by atoms with van der Waals surface area (Å²) in [5.41, 5.74) is 1.14. The molecule has 1 saturated heterocycles. The first-order chi connectivity index (χ1) is 8.29. The quantitative estimate of drug-likeness (QED) is 0.860. The van der Waals surface area contributed by atoms with Crippen LogP contribution in [0.15, 0.2) is 24.3 Å². The second kappa shape index (κ2) is 6.20. The van der Waals surface area contributed by atoms with Crippen molar-refractivity contribution in [2.45, 2.75) is 38.0 Å². The van der Waals surface area contributed by atoms with Gasteiger partial charge in [0.25, 0.3) is 0 Å². The number of thioether (sulfide) groups is 1. The van der Waals surface area contributed by atoms with Gasteiger partial charge in [-0.15, -0.1) is 0 Å². The third kappa shape index (κ3) is 3.56.